The van der Waals surface area contributed by atoms with Gasteiger partial charge in [0.25, 0.3) is 0 Å². The molecule has 2 aliphatic heterocycles. The molecule has 2 aromatic carbocycles. The van der Waals surface area contributed by atoms with Crippen molar-refractivity contribution < 1.29 is 4.74 Å². The van der Waals surface area contributed by atoms with Crippen molar-refractivity contribution in [3.05, 3.63) is 71.3 Å². The fourth-order valence-corrected chi connectivity index (χ4v) is 4.38. The van der Waals surface area contributed by atoms with Crippen molar-refractivity contribution >= 4 is 29.9 Å². The predicted molar refractivity (Wildman–Crippen MR) is 126 cm³/mol. The van der Waals surface area contributed by atoms with E-state index in [1.165, 1.54) is 16.7 Å². The Morgan fingerprint density at radius 1 is 1.04 bits per heavy atom. The molecule has 1 saturated heterocycles. The number of benzene rings is 2. The highest BCUT2D eigenvalue weighted by Gasteiger charge is 2.35. The number of halogens is 1. The van der Waals surface area contributed by atoms with E-state index in [9.17, 15) is 0 Å². The van der Waals surface area contributed by atoms with Crippen LogP contribution in [0.25, 0.3) is 0 Å². The van der Waals surface area contributed by atoms with Gasteiger partial charge in [0.15, 0.2) is 5.96 Å². The van der Waals surface area contributed by atoms with Gasteiger partial charge in [0.2, 0.25) is 0 Å². The zero-order chi connectivity index (χ0) is 18.5. The van der Waals surface area contributed by atoms with E-state index in [0.29, 0.717) is 0 Å². The highest BCUT2D eigenvalue weighted by Crippen LogP contribution is 2.34. The molecule has 0 amide bonds. The van der Waals surface area contributed by atoms with Crippen LogP contribution in [0.15, 0.2) is 59.6 Å². The molecule has 0 unspecified atom stereocenters. The molecule has 0 aliphatic carbocycles. The molecule has 0 radical (unpaired) electrons. The highest BCUT2D eigenvalue weighted by molar-refractivity contribution is 14.0. The van der Waals surface area contributed by atoms with Crippen LogP contribution in [0.2, 0.25) is 0 Å². The Hall–Kier alpha value is -1.60. The molecule has 4 nitrogen and oxygen atoms in total. The second-order valence-corrected chi connectivity index (χ2v) is 7.60. The summed E-state index contributed by atoms with van der Waals surface area (Å²) in [6.45, 7) is 4.49. The molecule has 0 atom stereocenters. The van der Waals surface area contributed by atoms with Gasteiger partial charge in [-0.05, 0) is 36.0 Å². The Morgan fingerprint density at radius 2 is 1.71 bits per heavy atom. The third-order valence-corrected chi connectivity index (χ3v) is 6.06. The molecule has 0 saturated carbocycles. The third kappa shape index (κ3) is 4.51. The Balaban J connectivity index is 0.00000225. The zero-order valence-corrected chi connectivity index (χ0v) is 18.9. The van der Waals surface area contributed by atoms with Gasteiger partial charge in [-0.1, -0.05) is 54.6 Å². The molecule has 1 fully saturated rings. The molecule has 1 N–H and O–H groups in total. The summed E-state index contributed by atoms with van der Waals surface area (Å²) < 4.78 is 5.67. The van der Waals surface area contributed by atoms with Crippen molar-refractivity contribution in [3.8, 4) is 0 Å². The topological polar surface area (TPSA) is 36.9 Å². The van der Waals surface area contributed by atoms with Crippen LogP contribution in [0.3, 0.4) is 0 Å². The summed E-state index contributed by atoms with van der Waals surface area (Å²) in [6.07, 6.45) is 3.17. The van der Waals surface area contributed by atoms with Crippen LogP contribution in [-0.2, 0) is 23.1 Å². The molecular formula is C23H30IN3O. The SMILES string of the molecule is CN=C(NCC1(c2ccccc2)CCOCC1)N1CCc2ccccc2C1.I. The van der Waals surface area contributed by atoms with Crippen molar-refractivity contribution in [1.82, 2.24) is 10.2 Å². The summed E-state index contributed by atoms with van der Waals surface area (Å²) in [5.74, 6) is 1.01. The van der Waals surface area contributed by atoms with Crippen LogP contribution in [0.4, 0.5) is 0 Å². The lowest BCUT2D eigenvalue weighted by atomic mass is 9.74. The zero-order valence-electron chi connectivity index (χ0n) is 16.6. The van der Waals surface area contributed by atoms with Crippen LogP contribution >= 0.6 is 24.0 Å². The monoisotopic (exact) mass is 491 g/mol. The smallest absolute Gasteiger partial charge is 0.193 e. The summed E-state index contributed by atoms with van der Waals surface area (Å²) in [5, 5.41) is 3.70. The summed E-state index contributed by atoms with van der Waals surface area (Å²) in [7, 11) is 1.89. The summed E-state index contributed by atoms with van der Waals surface area (Å²) >= 11 is 0. The van der Waals surface area contributed by atoms with Gasteiger partial charge < -0.3 is 15.0 Å². The lowest BCUT2D eigenvalue weighted by Crippen LogP contribution is -2.50. The van der Waals surface area contributed by atoms with E-state index < -0.39 is 0 Å². The molecule has 0 aromatic heterocycles. The van der Waals surface area contributed by atoms with Gasteiger partial charge in [0, 0.05) is 45.3 Å². The molecule has 2 aromatic rings. The number of aliphatic imine (C=N–C) groups is 1. The largest absolute Gasteiger partial charge is 0.381 e. The van der Waals surface area contributed by atoms with E-state index in [4.69, 9.17) is 4.74 Å². The van der Waals surface area contributed by atoms with Crippen LogP contribution in [0.5, 0.6) is 0 Å². The predicted octanol–water partition coefficient (Wildman–Crippen LogP) is 3.99. The Morgan fingerprint density at radius 3 is 2.43 bits per heavy atom. The first-order valence-electron chi connectivity index (χ1n) is 9.96. The van der Waals surface area contributed by atoms with Gasteiger partial charge in [0.1, 0.15) is 0 Å². The number of rotatable bonds is 3. The second-order valence-electron chi connectivity index (χ2n) is 7.60. The van der Waals surface area contributed by atoms with Gasteiger partial charge in [-0.15, -0.1) is 24.0 Å². The Kier molecular flexibility index (Phi) is 7.35. The van der Waals surface area contributed by atoms with Crippen LogP contribution in [0, 0.1) is 0 Å². The number of hydrogen-bond acceptors (Lipinski definition) is 2. The van der Waals surface area contributed by atoms with Gasteiger partial charge in [-0.2, -0.15) is 0 Å². The fraction of sp³-hybridized carbons (Fsp3) is 0.435. The second kappa shape index (κ2) is 9.74. The highest BCUT2D eigenvalue weighted by atomic mass is 127. The fourth-order valence-electron chi connectivity index (χ4n) is 4.38. The van der Waals surface area contributed by atoms with Crippen molar-refractivity contribution in [3.63, 3.8) is 0 Å². The molecule has 2 aliphatic rings. The summed E-state index contributed by atoms with van der Waals surface area (Å²) in [4.78, 5) is 6.97. The maximum Gasteiger partial charge on any atom is 0.193 e. The molecular weight excluding hydrogens is 461 g/mol. The van der Waals surface area contributed by atoms with E-state index in [1.54, 1.807) is 0 Å². The summed E-state index contributed by atoms with van der Waals surface area (Å²) in [5.41, 5.74) is 4.40. The van der Waals surface area contributed by atoms with E-state index >= 15 is 0 Å². The first kappa shape index (κ1) is 21.1. The normalized spacial score (nSPS) is 18.8. The number of ether oxygens (including phenoxy) is 1. The molecule has 0 spiro atoms. The van der Waals surface area contributed by atoms with Crippen LogP contribution in [0.1, 0.15) is 29.5 Å². The lowest BCUT2D eigenvalue weighted by molar-refractivity contribution is 0.0511. The Bertz CT molecular complexity index is 787. The van der Waals surface area contributed by atoms with E-state index in [2.05, 4.69) is 69.8 Å². The van der Waals surface area contributed by atoms with Crippen molar-refractivity contribution in [2.75, 3.05) is 33.4 Å². The van der Waals surface area contributed by atoms with Gasteiger partial charge in [0.05, 0.1) is 0 Å². The molecule has 150 valence electrons. The van der Waals surface area contributed by atoms with E-state index in [1.807, 2.05) is 7.05 Å². The first-order valence-corrected chi connectivity index (χ1v) is 9.96. The lowest BCUT2D eigenvalue weighted by Gasteiger charge is -2.39. The number of fused-ring (bicyclic) bond motifs is 1. The number of nitrogens with one attached hydrogen (secondary N) is 1. The third-order valence-electron chi connectivity index (χ3n) is 6.06. The van der Waals surface area contributed by atoms with Gasteiger partial charge in [-0.3, -0.25) is 4.99 Å². The molecule has 0 bridgehead atoms. The van der Waals surface area contributed by atoms with Crippen molar-refractivity contribution in [2.24, 2.45) is 4.99 Å². The standard InChI is InChI=1S/C23H29N3O.HI/c1-24-22(26-14-11-19-7-5-6-8-20(19)17-26)25-18-23(12-15-27-16-13-23)21-9-3-2-4-10-21;/h2-10H,11-18H2,1H3,(H,24,25);1H. The van der Waals surface area contributed by atoms with E-state index in [0.717, 1.165) is 58.1 Å². The maximum absolute atomic E-state index is 5.67. The quantitative estimate of drug-likeness (QED) is 0.401. The molecule has 5 heteroatoms. The maximum atomic E-state index is 5.67. The van der Waals surface area contributed by atoms with Crippen molar-refractivity contribution in [2.45, 2.75) is 31.2 Å². The Labute approximate surface area is 185 Å². The minimum absolute atomic E-state index is 0. The molecule has 2 heterocycles. The minimum atomic E-state index is 0. The van der Waals surface area contributed by atoms with E-state index in [-0.39, 0.29) is 29.4 Å². The molecule has 4 rings (SSSR count). The average molecular weight is 491 g/mol. The average Bonchev–Trinajstić information content (AvgIpc) is 2.75. The number of nitrogens with zero attached hydrogens (tertiary/aromatic N) is 2. The number of hydrogen-bond donors (Lipinski definition) is 1. The van der Waals surface area contributed by atoms with Gasteiger partial charge >= 0.3 is 0 Å². The molecule has 28 heavy (non-hydrogen) atoms. The van der Waals surface area contributed by atoms with Crippen molar-refractivity contribution in [1.29, 1.82) is 0 Å². The first-order chi connectivity index (χ1) is 13.3. The van der Waals surface area contributed by atoms with Crippen LogP contribution < -0.4 is 5.32 Å². The summed E-state index contributed by atoms with van der Waals surface area (Å²) in [6, 6.07) is 19.6. The van der Waals surface area contributed by atoms with Crippen LogP contribution in [-0.4, -0.2) is 44.2 Å². The minimum Gasteiger partial charge on any atom is -0.381 e. The number of guanidine groups is 1. The van der Waals surface area contributed by atoms with Gasteiger partial charge in [-0.25, -0.2) is 0 Å².